The molecule has 3 heterocycles. The van der Waals surface area contributed by atoms with Gasteiger partial charge in [-0.25, -0.2) is 0 Å². The summed E-state index contributed by atoms with van der Waals surface area (Å²) in [5.41, 5.74) is 2.62. The van der Waals surface area contributed by atoms with Crippen molar-refractivity contribution < 1.29 is 14.3 Å². The summed E-state index contributed by atoms with van der Waals surface area (Å²) in [5, 5.41) is 10.5. The topological polar surface area (TPSA) is 81.4 Å². The van der Waals surface area contributed by atoms with E-state index in [2.05, 4.69) is 45.1 Å². The number of thiocarbonyl (C=S) groups is 1. The highest BCUT2D eigenvalue weighted by molar-refractivity contribution is 8.22. The predicted molar refractivity (Wildman–Crippen MR) is 211 cm³/mol. The van der Waals surface area contributed by atoms with Crippen LogP contribution >= 0.6 is 24.0 Å². The van der Waals surface area contributed by atoms with Crippen molar-refractivity contribution >= 4 is 46.1 Å². The van der Waals surface area contributed by atoms with E-state index in [4.69, 9.17) is 21.7 Å². The molecule has 3 aliphatic rings. The van der Waals surface area contributed by atoms with Gasteiger partial charge in [0.25, 0.3) is 5.91 Å². The van der Waals surface area contributed by atoms with Crippen LogP contribution in [0, 0.1) is 11.3 Å². The molecule has 0 bridgehead atoms. The molecule has 0 unspecified atom stereocenters. The molecular weight excluding hydrogens is 675 g/mol. The van der Waals surface area contributed by atoms with Gasteiger partial charge in [-0.3, -0.25) is 14.7 Å². The molecule has 3 aromatic carbocycles. The van der Waals surface area contributed by atoms with Gasteiger partial charge in [0.15, 0.2) is 11.5 Å². The number of nitrogens with zero attached hydrogens (tertiary/aromatic N) is 5. The van der Waals surface area contributed by atoms with E-state index in [0.717, 1.165) is 86.2 Å². The first-order chi connectivity index (χ1) is 25.0. The van der Waals surface area contributed by atoms with E-state index in [-0.39, 0.29) is 11.9 Å². The lowest BCUT2D eigenvalue weighted by Gasteiger charge is -2.36. The zero-order valence-electron chi connectivity index (χ0n) is 29.7. The van der Waals surface area contributed by atoms with Crippen molar-refractivity contribution in [2.24, 2.45) is 4.99 Å². The number of rotatable bonds is 15. The number of hydrogen-bond donors (Lipinski definition) is 0. The van der Waals surface area contributed by atoms with Crippen LogP contribution in [0.25, 0.3) is 0 Å². The first-order valence-corrected chi connectivity index (χ1v) is 19.8. The molecule has 0 aromatic heterocycles. The smallest absolute Gasteiger partial charge is 0.256 e. The molecule has 1 atom stereocenters. The highest BCUT2D eigenvalue weighted by Crippen LogP contribution is 2.39. The van der Waals surface area contributed by atoms with Gasteiger partial charge in [0, 0.05) is 50.8 Å². The number of hydrogen-bond acceptors (Lipinski definition) is 8. The van der Waals surface area contributed by atoms with Gasteiger partial charge in [0.2, 0.25) is 0 Å². The van der Waals surface area contributed by atoms with E-state index in [0.29, 0.717) is 35.8 Å². The second-order valence-electron chi connectivity index (χ2n) is 13.6. The SMILES string of the molecule is COc1cc2c(cc1OCCCCCCCN1CCN(C(=S)SCCC(C#N)(c3ccccc3)c3ccccc3)CC1)N=C[C@@H]1CCCN1C2=O. The van der Waals surface area contributed by atoms with Gasteiger partial charge in [0.05, 0.1) is 37.1 Å². The van der Waals surface area contributed by atoms with Crippen molar-refractivity contribution in [3.63, 3.8) is 0 Å². The molecule has 51 heavy (non-hydrogen) atoms. The van der Waals surface area contributed by atoms with Crippen molar-refractivity contribution in [2.75, 3.05) is 58.7 Å². The van der Waals surface area contributed by atoms with E-state index in [9.17, 15) is 10.1 Å². The lowest BCUT2D eigenvalue weighted by atomic mass is 9.74. The van der Waals surface area contributed by atoms with Crippen LogP contribution in [0.1, 0.15) is 72.9 Å². The fourth-order valence-electron chi connectivity index (χ4n) is 7.39. The Bertz CT molecular complexity index is 1650. The summed E-state index contributed by atoms with van der Waals surface area (Å²) >= 11 is 7.58. The average Bonchev–Trinajstić information content (AvgIpc) is 3.61. The molecule has 2 fully saturated rings. The Morgan fingerprint density at radius 3 is 2.31 bits per heavy atom. The van der Waals surface area contributed by atoms with Crippen LogP contribution in [-0.2, 0) is 5.41 Å². The molecule has 268 valence electrons. The van der Waals surface area contributed by atoms with Gasteiger partial charge in [0.1, 0.15) is 9.74 Å². The highest BCUT2D eigenvalue weighted by Gasteiger charge is 2.35. The van der Waals surface area contributed by atoms with Crippen molar-refractivity contribution in [2.45, 2.75) is 62.8 Å². The Morgan fingerprint density at radius 2 is 1.63 bits per heavy atom. The Morgan fingerprint density at radius 1 is 0.941 bits per heavy atom. The Labute approximate surface area is 312 Å². The third kappa shape index (κ3) is 8.94. The second kappa shape index (κ2) is 18.0. The number of unbranched alkanes of at least 4 members (excludes halogenated alkanes) is 4. The standard InChI is InChI=1S/C41H49N5O3S2/c1-48-37-28-35-36(43-30-34-18-13-21-46(34)39(35)47)29-38(37)49-26-12-4-2-3-11-20-44-22-24-45(25-23-44)40(50)51-27-19-41(31-42,32-14-7-5-8-15-32)33-16-9-6-10-17-33/h5-10,14-17,28-30,34H,2-4,11-13,18-27H2,1H3/t34-/m0/s1. The molecule has 0 radical (unpaired) electrons. The van der Waals surface area contributed by atoms with Crippen LogP contribution < -0.4 is 9.47 Å². The van der Waals surface area contributed by atoms with Gasteiger partial charge in [-0.15, -0.1) is 0 Å². The zero-order chi connectivity index (χ0) is 35.5. The van der Waals surface area contributed by atoms with Crippen LogP contribution in [0.15, 0.2) is 77.8 Å². The largest absolute Gasteiger partial charge is 0.493 e. The summed E-state index contributed by atoms with van der Waals surface area (Å²) in [6, 6.07) is 26.7. The zero-order valence-corrected chi connectivity index (χ0v) is 31.3. The molecule has 0 aliphatic carbocycles. The fraction of sp³-hybridized carbons (Fsp3) is 0.463. The molecule has 10 heteroatoms. The fourth-order valence-corrected chi connectivity index (χ4v) is 8.77. The van der Waals surface area contributed by atoms with E-state index in [1.807, 2.05) is 53.6 Å². The molecule has 3 aliphatic heterocycles. The summed E-state index contributed by atoms with van der Waals surface area (Å²) in [6.07, 6.45) is 10.2. The van der Waals surface area contributed by atoms with Crippen LogP contribution in [0.2, 0.25) is 0 Å². The summed E-state index contributed by atoms with van der Waals surface area (Å²) < 4.78 is 12.6. The number of carbonyl (C=O) groups is 1. The van der Waals surface area contributed by atoms with E-state index in [1.165, 1.54) is 19.3 Å². The number of aliphatic imine (C=N–C) groups is 1. The van der Waals surface area contributed by atoms with Crippen molar-refractivity contribution in [1.29, 1.82) is 5.26 Å². The maximum absolute atomic E-state index is 13.1. The number of thioether (sulfide) groups is 1. The Kier molecular flexibility index (Phi) is 13.0. The number of amides is 1. The number of carbonyl (C=O) groups excluding carboxylic acids is 1. The molecule has 6 rings (SSSR count). The van der Waals surface area contributed by atoms with Crippen LogP contribution in [0.5, 0.6) is 11.5 Å². The molecule has 0 saturated carbocycles. The minimum absolute atomic E-state index is 0.0251. The monoisotopic (exact) mass is 723 g/mol. The molecule has 3 aromatic rings. The molecule has 0 N–H and O–H groups in total. The van der Waals surface area contributed by atoms with Gasteiger partial charge in [-0.2, -0.15) is 5.26 Å². The van der Waals surface area contributed by atoms with Gasteiger partial charge >= 0.3 is 0 Å². The normalized spacial score (nSPS) is 17.4. The number of ether oxygens (including phenoxy) is 2. The number of benzene rings is 3. The van der Waals surface area contributed by atoms with E-state index >= 15 is 0 Å². The van der Waals surface area contributed by atoms with Crippen LogP contribution in [0.4, 0.5) is 5.69 Å². The lowest BCUT2D eigenvalue weighted by molar-refractivity contribution is 0.0774. The lowest BCUT2D eigenvalue weighted by Crippen LogP contribution is -2.47. The summed E-state index contributed by atoms with van der Waals surface area (Å²) in [4.78, 5) is 24.5. The average molecular weight is 724 g/mol. The van der Waals surface area contributed by atoms with E-state index in [1.54, 1.807) is 24.9 Å². The maximum atomic E-state index is 13.1. The Balaban J connectivity index is 0.861. The number of piperazine rings is 1. The van der Waals surface area contributed by atoms with Gasteiger partial charge in [-0.1, -0.05) is 104 Å². The van der Waals surface area contributed by atoms with Crippen LogP contribution in [-0.4, -0.2) is 95.9 Å². The first kappa shape index (κ1) is 36.9. The van der Waals surface area contributed by atoms with Gasteiger partial charge < -0.3 is 19.3 Å². The summed E-state index contributed by atoms with van der Waals surface area (Å²) in [6.45, 7) is 6.47. The minimum atomic E-state index is -0.693. The third-order valence-electron chi connectivity index (χ3n) is 10.4. The number of nitriles is 1. The summed E-state index contributed by atoms with van der Waals surface area (Å²) in [7, 11) is 1.62. The molecule has 0 spiro atoms. The quantitative estimate of drug-likeness (QED) is 0.116. The number of methoxy groups -OCH3 is 1. The van der Waals surface area contributed by atoms with Crippen molar-refractivity contribution in [1.82, 2.24) is 14.7 Å². The second-order valence-corrected chi connectivity index (χ2v) is 15.3. The molecular formula is C41H49N5O3S2. The number of fused-ring (bicyclic) bond motifs is 2. The Hall–Kier alpha value is -3.91. The maximum Gasteiger partial charge on any atom is 0.256 e. The minimum Gasteiger partial charge on any atom is -0.493 e. The third-order valence-corrected chi connectivity index (χ3v) is 11.9. The highest BCUT2D eigenvalue weighted by atomic mass is 32.2. The van der Waals surface area contributed by atoms with Crippen molar-refractivity contribution in [3.8, 4) is 17.6 Å². The summed E-state index contributed by atoms with van der Waals surface area (Å²) in [5.74, 6) is 2.05. The van der Waals surface area contributed by atoms with Crippen molar-refractivity contribution in [3.05, 3.63) is 89.5 Å². The first-order valence-electron chi connectivity index (χ1n) is 18.4. The molecule has 2 saturated heterocycles. The molecule has 8 nitrogen and oxygen atoms in total. The molecule has 1 amide bonds. The van der Waals surface area contributed by atoms with E-state index < -0.39 is 5.41 Å². The van der Waals surface area contributed by atoms with Gasteiger partial charge in [-0.05, 0) is 55.8 Å². The predicted octanol–water partition coefficient (Wildman–Crippen LogP) is 7.88. The van der Waals surface area contributed by atoms with Crippen LogP contribution in [0.3, 0.4) is 0 Å².